The Bertz CT molecular complexity index is 346. The van der Waals surface area contributed by atoms with E-state index in [0.717, 1.165) is 21.6 Å². The molecule has 0 spiro atoms. The van der Waals surface area contributed by atoms with E-state index in [1.54, 1.807) is 24.3 Å². The van der Waals surface area contributed by atoms with Crippen molar-refractivity contribution in [1.82, 2.24) is 0 Å². The summed E-state index contributed by atoms with van der Waals surface area (Å²) in [6.45, 7) is 3.32. The van der Waals surface area contributed by atoms with E-state index >= 15 is 0 Å². The summed E-state index contributed by atoms with van der Waals surface area (Å²) in [4.78, 5) is 22.2. The molecule has 0 amide bonds. The number of hydrogen-bond donors (Lipinski definition) is 0. The zero-order valence-corrected chi connectivity index (χ0v) is 8.94. The summed E-state index contributed by atoms with van der Waals surface area (Å²) in [6.07, 6.45) is 1.19. The summed E-state index contributed by atoms with van der Waals surface area (Å²) in [5.74, 6) is 0. The van der Waals surface area contributed by atoms with Gasteiger partial charge in [0, 0.05) is 5.56 Å². The van der Waals surface area contributed by atoms with Crippen LogP contribution >= 0.6 is 21.6 Å². The van der Waals surface area contributed by atoms with Crippen molar-refractivity contribution in [3.8, 4) is 0 Å². The maximum absolute atomic E-state index is 11.4. The lowest BCUT2D eigenvalue weighted by Crippen LogP contribution is -1.91. The molecule has 4 heteroatoms. The van der Waals surface area contributed by atoms with Gasteiger partial charge in [-0.15, -0.1) is 0 Å². The Morgan fingerprint density at radius 2 is 1.79 bits per heavy atom. The molecule has 2 nitrogen and oxygen atoms in total. The van der Waals surface area contributed by atoms with Gasteiger partial charge in [0.15, 0.2) is 0 Å². The molecule has 0 aromatic heterocycles. The predicted molar refractivity (Wildman–Crippen MR) is 61.2 cm³/mol. The highest BCUT2D eigenvalue weighted by Gasteiger charge is 2.08. The van der Waals surface area contributed by atoms with Crippen molar-refractivity contribution in [2.45, 2.75) is 0 Å². The summed E-state index contributed by atoms with van der Waals surface area (Å²) in [5, 5.41) is -0.329. The van der Waals surface area contributed by atoms with Crippen LogP contribution in [0.1, 0.15) is 10.4 Å². The zero-order valence-electron chi connectivity index (χ0n) is 7.30. The van der Waals surface area contributed by atoms with Gasteiger partial charge in [0.1, 0.15) is 0 Å². The molecule has 1 aromatic rings. The third-order valence-electron chi connectivity index (χ3n) is 1.38. The lowest BCUT2D eigenvalue weighted by Gasteiger charge is -1.96. The van der Waals surface area contributed by atoms with E-state index in [1.807, 2.05) is 6.07 Å². The van der Waals surface area contributed by atoms with Gasteiger partial charge in [-0.1, -0.05) is 36.9 Å². The molecule has 0 fully saturated rings. The van der Waals surface area contributed by atoms with E-state index in [1.165, 1.54) is 6.08 Å². The van der Waals surface area contributed by atoms with Gasteiger partial charge >= 0.3 is 0 Å². The maximum Gasteiger partial charge on any atom is 0.230 e. The summed E-state index contributed by atoms with van der Waals surface area (Å²) in [7, 11) is 1.81. The topological polar surface area (TPSA) is 34.1 Å². The van der Waals surface area contributed by atoms with Gasteiger partial charge in [-0.2, -0.15) is 0 Å². The molecule has 0 aliphatic carbocycles. The van der Waals surface area contributed by atoms with Crippen LogP contribution in [-0.4, -0.2) is 10.2 Å². The van der Waals surface area contributed by atoms with Crippen LogP contribution in [0.3, 0.4) is 0 Å². The average molecular weight is 224 g/mol. The van der Waals surface area contributed by atoms with Crippen molar-refractivity contribution >= 4 is 31.8 Å². The Morgan fingerprint density at radius 1 is 1.14 bits per heavy atom. The van der Waals surface area contributed by atoms with Gasteiger partial charge in [-0.05, 0) is 27.7 Å². The van der Waals surface area contributed by atoms with Crippen LogP contribution in [0, 0.1) is 0 Å². The molecule has 14 heavy (non-hydrogen) atoms. The quantitative estimate of drug-likeness (QED) is 0.571. The number of carbonyl (C=O) groups excluding carboxylic acids is 2. The number of benzene rings is 1. The van der Waals surface area contributed by atoms with Crippen molar-refractivity contribution in [3.63, 3.8) is 0 Å². The Morgan fingerprint density at radius 3 is 2.36 bits per heavy atom. The van der Waals surface area contributed by atoms with Crippen LogP contribution in [-0.2, 0) is 4.79 Å². The van der Waals surface area contributed by atoms with Gasteiger partial charge in [-0.3, -0.25) is 9.59 Å². The average Bonchev–Trinajstić information content (AvgIpc) is 2.26. The fourth-order valence-electron chi connectivity index (χ4n) is 0.735. The van der Waals surface area contributed by atoms with Crippen molar-refractivity contribution in [3.05, 3.63) is 48.6 Å². The molecule has 0 heterocycles. The SMILES string of the molecule is C=CC(=O)SSC(=O)c1ccccc1. The molecule has 0 saturated heterocycles. The molecule has 1 aromatic carbocycles. The third-order valence-corrected chi connectivity index (χ3v) is 3.37. The van der Waals surface area contributed by atoms with Crippen molar-refractivity contribution in [2.24, 2.45) is 0 Å². The molecule has 0 radical (unpaired) electrons. The minimum absolute atomic E-state index is 0.120. The summed E-state index contributed by atoms with van der Waals surface area (Å²) in [5.41, 5.74) is 0.599. The van der Waals surface area contributed by atoms with Gasteiger partial charge in [0.05, 0.1) is 0 Å². The van der Waals surface area contributed by atoms with Gasteiger partial charge < -0.3 is 0 Å². The third kappa shape index (κ3) is 3.40. The Balaban J connectivity index is 2.52. The summed E-state index contributed by atoms with van der Waals surface area (Å²) >= 11 is 0. The standard InChI is InChI=1S/C10H8O2S2/c1-2-9(11)13-14-10(12)8-6-4-3-5-7-8/h2-7H,1H2. The van der Waals surface area contributed by atoms with E-state index in [4.69, 9.17) is 0 Å². The van der Waals surface area contributed by atoms with Crippen molar-refractivity contribution in [2.75, 3.05) is 0 Å². The smallest absolute Gasteiger partial charge is 0.230 e. The zero-order chi connectivity index (χ0) is 10.4. The normalized spacial score (nSPS) is 9.43. The predicted octanol–water partition coefficient (Wildman–Crippen LogP) is 2.92. The van der Waals surface area contributed by atoms with Crippen LogP contribution in [0.25, 0.3) is 0 Å². The molecule has 0 bridgehead atoms. The number of rotatable bonds is 2. The minimum atomic E-state index is -0.209. The highest BCUT2D eigenvalue weighted by atomic mass is 33.1. The largest absolute Gasteiger partial charge is 0.281 e. The van der Waals surface area contributed by atoms with Gasteiger partial charge in [-0.25, -0.2) is 0 Å². The maximum atomic E-state index is 11.4. The first-order chi connectivity index (χ1) is 6.74. The fourth-order valence-corrected chi connectivity index (χ4v) is 2.16. The minimum Gasteiger partial charge on any atom is -0.281 e. The van der Waals surface area contributed by atoms with E-state index < -0.39 is 0 Å². The Labute approximate surface area is 90.2 Å². The first-order valence-electron chi connectivity index (χ1n) is 3.84. The van der Waals surface area contributed by atoms with Crippen LogP contribution in [0.2, 0.25) is 0 Å². The summed E-state index contributed by atoms with van der Waals surface area (Å²) in [6, 6.07) is 8.84. The van der Waals surface area contributed by atoms with E-state index in [-0.39, 0.29) is 10.2 Å². The molecule has 1 rings (SSSR count). The second-order valence-corrected chi connectivity index (χ2v) is 4.45. The molecule has 0 saturated carbocycles. The molecule has 0 aliphatic rings. The lowest BCUT2D eigenvalue weighted by atomic mass is 10.2. The highest BCUT2D eigenvalue weighted by molar-refractivity contribution is 8.87. The van der Waals surface area contributed by atoms with Crippen LogP contribution in [0.15, 0.2) is 43.0 Å². The Hall–Kier alpha value is -1.00. The number of hydrogen-bond acceptors (Lipinski definition) is 4. The van der Waals surface area contributed by atoms with E-state index in [2.05, 4.69) is 6.58 Å². The van der Waals surface area contributed by atoms with Crippen molar-refractivity contribution < 1.29 is 9.59 Å². The van der Waals surface area contributed by atoms with Crippen LogP contribution in [0.4, 0.5) is 0 Å². The highest BCUT2D eigenvalue weighted by Crippen LogP contribution is 2.26. The van der Waals surface area contributed by atoms with Crippen LogP contribution < -0.4 is 0 Å². The Kier molecular flexibility index (Phi) is 4.49. The first kappa shape index (κ1) is 11.1. The molecule has 0 N–H and O–H groups in total. The monoisotopic (exact) mass is 224 g/mol. The lowest BCUT2D eigenvalue weighted by molar-refractivity contribution is -0.106. The molecule has 0 aliphatic heterocycles. The fraction of sp³-hybridized carbons (Fsp3) is 0. The van der Waals surface area contributed by atoms with Crippen molar-refractivity contribution in [1.29, 1.82) is 0 Å². The molecular weight excluding hydrogens is 216 g/mol. The van der Waals surface area contributed by atoms with E-state index in [0.29, 0.717) is 5.56 Å². The second-order valence-electron chi connectivity index (χ2n) is 2.34. The molecular formula is C10H8O2S2. The van der Waals surface area contributed by atoms with Crippen LogP contribution in [0.5, 0.6) is 0 Å². The number of carbonyl (C=O) groups is 2. The van der Waals surface area contributed by atoms with Gasteiger partial charge in [0.2, 0.25) is 10.2 Å². The second kappa shape index (κ2) is 5.67. The first-order valence-corrected chi connectivity index (χ1v) is 5.99. The van der Waals surface area contributed by atoms with E-state index in [9.17, 15) is 9.59 Å². The van der Waals surface area contributed by atoms with Gasteiger partial charge in [0.25, 0.3) is 0 Å². The molecule has 0 atom stereocenters. The molecule has 72 valence electrons. The molecule has 0 unspecified atom stereocenters. The summed E-state index contributed by atoms with van der Waals surface area (Å²) < 4.78 is 0.